The van der Waals surface area contributed by atoms with Crippen molar-refractivity contribution in [2.75, 3.05) is 17.7 Å². The van der Waals surface area contributed by atoms with Gasteiger partial charge in [0.25, 0.3) is 5.56 Å². The standard InChI is InChI=1S/C25H23N3O2S/c1-18(19-11-5-3-6-12-19)28-24(30)21-15-9-10-16-22(21)26-25(28)31-17-23(29)27(2)20-13-7-4-8-14-20/h3-16,18H,17H2,1-2H3/t18-/m0/s1. The highest BCUT2D eigenvalue weighted by atomic mass is 32.2. The molecule has 1 aromatic heterocycles. The molecule has 0 saturated carbocycles. The molecule has 6 heteroatoms. The molecule has 1 heterocycles. The summed E-state index contributed by atoms with van der Waals surface area (Å²) in [6.07, 6.45) is 0. The van der Waals surface area contributed by atoms with Crippen LogP contribution in [-0.4, -0.2) is 28.3 Å². The van der Waals surface area contributed by atoms with E-state index in [0.29, 0.717) is 16.1 Å². The van der Waals surface area contributed by atoms with Gasteiger partial charge in [-0.05, 0) is 36.8 Å². The van der Waals surface area contributed by atoms with Crippen LogP contribution in [0, 0.1) is 0 Å². The second kappa shape index (κ2) is 9.18. The summed E-state index contributed by atoms with van der Waals surface area (Å²) >= 11 is 1.29. The van der Waals surface area contributed by atoms with Crippen molar-refractivity contribution in [1.82, 2.24) is 9.55 Å². The largest absolute Gasteiger partial charge is 0.315 e. The molecule has 0 aliphatic rings. The lowest BCUT2D eigenvalue weighted by Crippen LogP contribution is -2.30. The zero-order valence-electron chi connectivity index (χ0n) is 17.4. The third kappa shape index (κ3) is 4.39. The first-order chi connectivity index (χ1) is 15.1. The van der Waals surface area contributed by atoms with E-state index in [-0.39, 0.29) is 23.3 Å². The number of fused-ring (bicyclic) bond motifs is 1. The van der Waals surface area contributed by atoms with E-state index in [9.17, 15) is 9.59 Å². The first kappa shape index (κ1) is 20.9. The fraction of sp³-hybridized carbons (Fsp3) is 0.160. The minimum atomic E-state index is -0.213. The molecule has 4 rings (SSSR count). The Labute approximate surface area is 185 Å². The van der Waals surface area contributed by atoms with Gasteiger partial charge in [-0.1, -0.05) is 72.4 Å². The highest BCUT2D eigenvalue weighted by Crippen LogP contribution is 2.25. The SMILES string of the molecule is C[C@@H](c1ccccc1)n1c(SCC(=O)N(C)c2ccccc2)nc2ccccc2c1=O. The second-order valence-corrected chi connectivity index (χ2v) is 8.19. The minimum absolute atomic E-state index is 0.0579. The zero-order valence-corrected chi connectivity index (χ0v) is 18.3. The molecule has 0 saturated heterocycles. The summed E-state index contributed by atoms with van der Waals surface area (Å²) in [5, 5.41) is 1.11. The summed E-state index contributed by atoms with van der Waals surface area (Å²) in [6, 6.07) is 26.5. The molecule has 3 aromatic carbocycles. The lowest BCUT2D eigenvalue weighted by atomic mass is 10.1. The predicted molar refractivity (Wildman–Crippen MR) is 127 cm³/mol. The number of anilines is 1. The lowest BCUT2D eigenvalue weighted by Gasteiger charge is -2.21. The first-order valence-corrected chi connectivity index (χ1v) is 11.1. The van der Waals surface area contributed by atoms with Gasteiger partial charge < -0.3 is 4.90 Å². The van der Waals surface area contributed by atoms with Crippen LogP contribution < -0.4 is 10.5 Å². The molecule has 31 heavy (non-hydrogen) atoms. The molecule has 0 spiro atoms. The molecule has 0 radical (unpaired) electrons. The quantitative estimate of drug-likeness (QED) is 0.328. The van der Waals surface area contributed by atoms with Crippen LogP contribution in [-0.2, 0) is 4.79 Å². The average molecular weight is 430 g/mol. The van der Waals surface area contributed by atoms with E-state index < -0.39 is 0 Å². The van der Waals surface area contributed by atoms with E-state index in [1.165, 1.54) is 11.8 Å². The number of para-hydroxylation sites is 2. The highest BCUT2D eigenvalue weighted by Gasteiger charge is 2.20. The van der Waals surface area contributed by atoms with Crippen LogP contribution in [0.4, 0.5) is 5.69 Å². The van der Waals surface area contributed by atoms with Crippen molar-refractivity contribution in [3.63, 3.8) is 0 Å². The number of aromatic nitrogens is 2. The van der Waals surface area contributed by atoms with E-state index in [1.54, 1.807) is 22.6 Å². The Morgan fingerprint density at radius 3 is 2.29 bits per heavy atom. The molecule has 0 aliphatic carbocycles. The zero-order chi connectivity index (χ0) is 21.8. The van der Waals surface area contributed by atoms with Crippen molar-refractivity contribution < 1.29 is 4.79 Å². The lowest BCUT2D eigenvalue weighted by molar-refractivity contribution is -0.115. The molecule has 1 amide bonds. The van der Waals surface area contributed by atoms with Crippen LogP contribution in [0.25, 0.3) is 10.9 Å². The Morgan fingerprint density at radius 2 is 1.58 bits per heavy atom. The van der Waals surface area contributed by atoms with Gasteiger partial charge in [-0.25, -0.2) is 4.98 Å². The van der Waals surface area contributed by atoms with Gasteiger partial charge >= 0.3 is 0 Å². The molecule has 4 aromatic rings. The van der Waals surface area contributed by atoms with Gasteiger partial charge in [0.05, 0.1) is 22.7 Å². The molecule has 0 unspecified atom stereocenters. The molecule has 0 bridgehead atoms. The summed E-state index contributed by atoms with van der Waals surface area (Å²) in [6.45, 7) is 1.98. The van der Waals surface area contributed by atoms with E-state index in [1.807, 2.05) is 85.8 Å². The van der Waals surface area contributed by atoms with Crippen LogP contribution in [0.5, 0.6) is 0 Å². The van der Waals surface area contributed by atoms with Gasteiger partial charge in [0.2, 0.25) is 5.91 Å². The number of thioether (sulfide) groups is 1. The fourth-order valence-electron chi connectivity index (χ4n) is 3.47. The average Bonchev–Trinajstić information content (AvgIpc) is 2.83. The summed E-state index contributed by atoms with van der Waals surface area (Å²) in [5.74, 6) is 0.120. The summed E-state index contributed by atoms with van der Waals surface area (Å²) in [4.78, 5) is 32.5. The van der Waals surface area contributed by atoms with Crippen LogP contribution >= 0.6 is 11.8 Å². The van der Waals surface area contributed by atoms with Crippen LogP contribution in [0.3, 0.4) is 0 Å². The summed E-state index contributed by atoms with van der Waals surface area (Å²) in [7, 11) is 1.76. The van der Waals surface area contributed by atoms with Gasteiger partial charge in [-0.3, -0.25) is 14.2 Å². The Bertz CT molecular complexity index is 1260. The Balaban J connectivity index is 1.69. The Morgan fingerprint density at radius 1 is 0.968 bits per heavy atom. The number of carbonyl (C=O) groups is 1. The normalized spacial score (nSPS) is 11.9. The summed E-state index contributed by atoms with van der Waals surface area (Å²) in [5.41, 5.74) is 2.37. The van der Waals surface area contributed by atoms with Crippen molar-refractivity contribution in [3.05, 3.63) is 101 Å². The van der Waals surface area contributed by atoms with Crippen molar-refractivity contribution in [2.45, 2.75) is 18.1 Å². The van der Waals surface area contributed by atoms with Crippen LogP contribution in [0.15, 0.2) is 94.9 Å². The second-order valence-electron chi connectivity index (χ2n) is 7.25. The first-order valence-electron chi connectivity index (χ1n) is 10.1. The van der Waals surface area contributed by atoms with Crippen LogP contribution in [0.2, 0.25) is 0 Å². The van der Waals surface area contributed by atoms with Crippen molar-refractivity contribution in [1.29, 1.82) is 0 Å². The number of hydrogen-bond acceptors (Lipinski definition) is 4. The van der Waals surface area contributed by atoms with Gasteiger partial charge in [-0.15, -0.1) is 0 Å². The van der Waals surface area contributed by atoms with Crippen LogP contribution in [0.1, 0.15) is 18.5 Å². The van der Waals surface area contributed by atoms with Crippen molar-refractivity contribution >= 4 is 34.3 Å². The molecule has 5 nitrogen and oxygen atoms in total. The van der Waals surface area contributed by atoms with E-state index in [4.69, 9.17) is 4.98 Å². The smallest absolute Gasteiger partial charge is 0.262 e. The van der Waals surface area contributed by atoms with E-state index in [0.717, 1.165) is 11.3 Å². The molecule has 0 aliphatic heterocycles. The highest BCUT2D eigenvalue weighted by molar-refractivity contribution is 7.99. The maximum Gasteiger partial charge on any atom is 0.262 e. The third-order valence-electron chi connectivity index (χ3n) is 5.29. The molecular formula is C25H23N3O2S. The van der Waals surface area contributed by atoms with E-state index >= 15 is 0 Å². The molecule has 0 fully saturated rings. The number of nitrogens with zero attached hydrogens (tertiary/aromatic N) is 3. The fourth-order valence-corrected chi connectivity index (χ4v) is 4.46. The number of amides is 1. The van der Waals surface area contributed by atoms with Gasteiger partial charge in [-0.2, -0.15) is 0 Å². The topological polar surface area (TPSA) is 55.2 Å². The van der Waals surface area contributed by atoms with Gasteiger partial charge in [0.15, 0.2) is 5.16 Å². The van der Waals surface area contributed by atoms with Crippen molar-refractivity contribution in [3.8, 4) is 0 Å². The van der Waals surface area contributed by atoms with Gasteiger partial charge in [0, 0.05) is 12.7 Å². The maximum absolute atomic E-state index is 13.4. The molecule has 1 atom stereocenters. The minimum Gasteiger partial charge on any atom is -0.315 e. The number of carbonyl (C=O) groups excluding carboxylic acids is 1. The van der Waals surface area contributed by atoms with Gasteiger partial charge in [0.1, 0.15) is 0 Å². The number of rotatable bonds is 6. The summed E-state index contributed by atoms with van der Waals surface area (Å²) < 4.78 is 1.69. The Hall–Kier alpha value is -3.38. The van der Waals surface area contributed by atoms with Crippen molar-refractivity contribution in [2.24, 2.45) is 0 Å². The molecule has 0 N–H and O–H groups in total. The Kier molecular flexibility index (Phi) is 6.18. The molecule has 156 valence electrons. The monoisotopic (exact) mass is 429 g/mol. The van der Waals surface area contributed by atoms with E-state index in [2.05, 4.69) is 0 Å². The number of benzene rings is 3. The molecular weight excluding hydrogens is 406 g/mol. The third-order valence-corrected chi connectivity index (χ3v) is 6.22. The number of hydrogen-bond donors (Lipinski definition) is 0. The predicted octanol–water partition coefficient (Wildman–Crippen LogP) is 4.76. The maximum atomic E-state index is 13.4.